The second-order valence-corrected chi connectivity index (χ2v) is 5.97. The molecule has 1 unspecified atom stereocenters. The summed E-state index contributed by atoms with van der Waals surface area (Å²) in [5, 5.41) is 8.57. The molecular weight excluding hydrogens is 292 g/mol. The number of furan rings is 1. The van der Waals surface area contributed by atoms with Gasteiger partial charge >= 0.3 is 0 Å². The Labute approximate surface area is 133 Å². The zero-order valence-corrected chi connectivity index (χ0v) is 13.0. The normalized spacial score (nSPS) is 18.5. The van der Waals surface area contributed by atoms with E-state index in [1.807, 2.05) is 40.6 Å². The first-order valence-electron chi connectivity index (χ1n) is 7.87. The van der Waals surface area contributed by atoms with E-state index < -0.39 is 0 Å². The van der Waals surface area contributed by atoms with Gasteiger partial charge in [-0.1, -0.05) is 6.07 Å². The molecular formula is C17H18N4O2. The van der Waals surface area contributed by atoms with Crippen LogP contribution in [0.5, 0.6) is 0 Å². The third-order valence-electron chi connectivity index (χ3n) is 4.50. The largest absolute Gasteiger partial charge is 0.469 e. The summed E-state index contributed by atoms with van der Waals surface area (Å²) < 4.78 is 7.27. The van der Waals surface area contributed by atoms with E-state index in [4.69, 9.17) is 4.42 Å². The van der Waals surface area contributed by atoms with Gasteiger partial charge in [-0.05, 0) is 38.0 Å². The fourth-order valence-corrected chi connectivity index (χ4v) is 3.29. The Morgan fingerprint density at radius 1 is 1.30 bits per heavy atom. The Bertz CT molecular complexity index is 851. The predicted molar refractivity (Wildman–Crippen MR) is 84.3 cm³/mol. The maximum Gasteiger partial charge on any atom is 0.257 e. The van der Waals surface area contributed by atoms with E-state index in [0.717, 1.165) is 30.9 Å². The number of likely N-dealkylation sites (tertiary alicyclic amines) is 1. The van der Waals surface area contributed by atoms with Gasteiger partial charge in [0.1, 0.15) is 11.6 Å². The molecule has 0 bridgehead atoms. The highest BCUT2D eigenvalue weighted by molar-refractivity contribution is 5.95. The van der Waals surface area contributed by atoms with Crippen LogP contribution in [0.15, 0.2) is 41.1 Å². The minimum Gasteiger partial charge on any atom is -0.469 e. The number of hydrogen-bond donors (Lipinski definition) is 0. The van der Waals surface area contributed by atoms with E-state index in [1.165, 1.54) is 0 Å². The lowest BCUT2D eigenvalue weighted by atomic mass is 9.96. The Morgan fingerprint density at radius 2 is 2.22 bits per heavy atom. The van der Waals surface area contributed by atoms with Crippen molar-refractivity contribution in [1.82, 2.24) is 19.5 Å². The molecule has 0 radical (unpaired) electrons. The minimum atomic E-state index is 0.0368. The molecule has 0 aliphatic carbocycles. The number of piperidine rings is 1. The molecule has 1 aliphatic heterocycles. The van der Waals surface area contributed by atoms with E-state index >= 15 is 0 Å². The molecule has 1 aliphatic rings. The molecule has 1 saturated heterocycles. The minimum absolute atomic E-state index is 0.0368. The molecule has 23 heavy (non-hydrogen) atoms. The fourth-order valence-electron chi connectivity index (χ4n) is 3.29. The van der Waals surface area contributed by atoms with Crippen LogP contribution in [0.2, 0.25) is 0 Å². The number of aromatic nitrogens is 3. The maximum atomic E-state index is 12.7. The van der Waals surface area contributed by atoms with Crippen LogP contribution in [-0.2, 0) is 0 Å². The summed E-state index contributed by atoms with van der Waals surface area (Å²) in [5.74, 6) is 1.85. The van der Waals surface area contributed by atoms with Crippen LogP contribution >= 0.6 is 0 Å². The van der Waals surface area contributed by atoms with E-state index in [2.05, 4.69) is 10.2 Å². The summed E-state index contributed by atoms with van der Waals surface area (Å²) in [7, 11) is 0. The zero-order valence-electron chi connectivity index (χ0n) is 13.0. The monoisotopic (exact) mass is 310 g/mol. The third-order valence-corrected chi connectivity index (χ3v) is 4.50. The summed E-state index contributed by atoms with van der Waals surface area (Å²) in [4.78, 5) is 14.6. The summed E-state index contributed by atoms with van der Waals surface area (Å²) in [6.07, 6.45) is 5.53. The van der Waals surface area contributed by atoms with Gasteiger partial charge in [0.2, 0.25) is 0 Å². The van der Waals surface area contributed by atoms with Crippen LogP contribution in [0, 0.1) is 6.92 Å². The Balaban J connectivity index is 1.60. The SMILES string of the molecule is Cc1occc1C(=O)N1CCCC(c2nnc3ccccn23)C1. The van der Waals surface area contributed by atoms with Gasteiger partial charge in [-0.25, -0.2) is 0 Å². The van der Waals surface area contributed by atoms with Gasteiger partial charge in [0, 0.05) is 25.2 Å². The lowest BCUT2D eigenvalue weighted by molar-refractivity contribution is 0.0702. The number of carbonyl (C=O) groups excluding carboxylic acids is 1. The van der Waals surface area contributed by atoms with Gasteiger partial charge < -0.3 is 9.32 Å². The van der Waals surface area contributed by atoms with Gasteiger partial charge in [0.05, 0.1) is 11.8 Å². The number of nitrogens with zero attached hydrogens (tertiary/aromatic N) is 4. The Hall–Kier alpha value is -2.63. The topological polar surface area (TPSA) is 63.6 Å². The van der Waals surface area contributed by atoms with Gasteiger partial charge in [0.25, 0.3) is 5.91 Å². The number of rotatable bonds is 2. The van der Waals surface area contributed by atoms with Crippen molar-refractivity contribution < 1.29 is 9.21 Å². The Kier molecular flexibility index (Phi) is 3.37. The second kappa shape index (κ2) is 5.53. The smallest absolute Gasteiger partial charge is 0.257 e. The second-order valence-electron chi connectivity index (χ2n) is 5.97. The maximum absolute atomic E-state index is 12.7. The summed E-state index contributed by atoms with van der Waals surface area (Å²) in [5.41, 5.74) is 1.49. The molecule has 4 heterocycles. The van der Waals surface area contributed by atoms with Crippen LogP contribution < -0.4 is 0 Å². The molecule has 1 amide bonds. The van der Waals surface area contributed by atoms with E-state index in [0.29, 0.717) is 17.9 Å². The van der Waals surface area contributed by atoms with E-state index in [-0.39, 0.29) is 11.8 Å². The van der Waals surface area contributed by atoms with Gasteiger partial charge in [-0.2, -0.15) is 0 Å². The highest BCUT2D eigenvalue weighted by Gasteiger charge is 2.29. The van der Waals surface area contributed by atoms with Crippen molar-refractivity contribution in [3.8, 4) is 0 Å². The number of carbonyl (C=O) groups is 1. The van der Waals surface area contributed by atoms with Crippen molar-refractivity contribution in [2.75, 3.05) is 13.1 Å². The average molecular weight is 310 g/mol. The molecule has 118 valence electrons. The van der Waals surface area contributed by atoms with Crippen molar-refractivity contribution >= 4 is 11.6 Å². The highest BCUT2D eigenvalue weighted by atomic mass is 16.3. The van der Waals surface area contributed by atoms with E-state index in [9.17, 15) is 4.79 Å². The molecule has 4 rings (SSSR count). The molecule has 1 fully saturated rings. The molecule has 6 heteroatoms. The van der Waals surface area contributed by atoms with E-state index in [1.54, 1.807) is 12.3 Å². The first kappa shape index (κ1) is 14.0. The number of aryl methyl sites for hydroxylation is 1. The standard InChI is InChI=1S/C17H18N4O2/c1-12-14(7-10-23-12)17(22)20-8-4-5-13(11-20)16-19-18-15-6-2-3-9-21(15)16/h2-3,6-7,9-10,13H,4-5,8,11H2,1H3. The van der Waals surface area contributed by atoms with Crippen LogP contribution in [0.4, 0.5) is 0 Å². The predicted octanol–water partition coefficient (Wildman–Crippen LogP) is 2.65. The molecule has 3 aromatic heterocycles. The van der Waals surface area contributed by atoms with Crippen LogP contribution in [-0.4, -0.2) is 38.5 Å². The number of hydrogen-bond acceptors (Lipinski definition) is 4. The number of pyridine rings is 1. The van der Waals surface area contributed by atoms with Gasteiger partial charge in [0.15, 0.2) is 5.65 Å². The van der Waals surface area contributed by atoms with Crippen molar-refractivity contribution in [2.45, 2.75) is 25.7 Å². The van der Waals surface area contributed by atoms with Crippen molar-refractivity contribution in [3.05, 3.63) is 53.9 Å². The lowest BCUT2D eigenvalue weighted by Crippen LogP contribution is -2.39. The molecule has 0 aromatic carbocycles. The van der Waals surface area contributed by atoms with Gasteiger partial charge in [-0.3, -0.25) is 9.20 Å². The first-order chi connectivity index (χ1) is 11.2. The highest BCUT2D eigenvalue weighted by Crippen LogP contribution is 2.27. The molecule has 6 nitrogen and oxygen atoms in total. The Morgan fingerprint density at radius 3 is 3.04 bits per heavy atom. The molecule has 0 saturated carbocycles. The van der Waals surface area contributed by atoms with Crippen LogP contribution in [0.25, 0.3) is 5.65 Å². The lowest BCUT2D eigenvalue weighted by Gasteiger charge is -2.31. The van der Waals surface area contributed by atoms with Crippen LogP contribution in [0.1, 0.15) is 40.7 Å². The molecule has 0 spiro atoms. The van der Waals surface area contributed by atoms with Crippen molar-refractivity contribution in [2.24, 2.45) is 0 Å². The molecule has 0 N–H and O–H groups in total. The number of amides is 1. The average Bonchev–Trinajstić information content (AvgIpc) is 3.20. The molecule has 1 atom stereocenters. The summed E-state index contributed by atoms with van der Waals surface area (Å²) in [6.45, 7) is 3.26. The van der Waals surface area contributed by atoms with Crippen molar-refractivity contribution in [1.29, 1.82) is 0 Å². The summed E-state index contributed by atoms with van der Waals surface area (Å²) in [6, 6.07) is 7.61. The fraction of sp³-hybridized carbons (Fsp3) is 0.353. The number of fused-ring (bicyclic) bond motifs is 1. The molecule has 3 aromatic rings. The first-order valence-corrected chi connectivity index (χ1v) is 7.87. The van der Waals surface area contributed by atoms with Gasteiger partial charge in [-0.15, -0.1) is 10.2 Å². The van der Waals surface area contributed by atoms with Crippen molar-refractivity contribution in [3.63, 3.8) is 0 Å². The van der Waals surface area contributed by atoms with Crippen LogP contribution in [0.3, 0.4) is 0 Å². The summed E-state index contributed by atoms with van der Waals surface area (Å²) >= 11 is 0. The quantitative estimate of drug-likeness (QED) is 0.730. The zero-order chi connectivity index (χ0) is 15.8. The third kappa shape index (κ3) is 2.40.